The van der Waals surface area contributed by atoms with Crippen LogP contribution >= 0.6 is 15.9 Å². The minimum absolute atomic E-state index is 0.298. The molecule has 0 heterocycles. The molecule has 0 bridgehead atoms. The molecule has 2 aromatic carbocycles. The molecule has 0 aromatic heterocycles. The van der Waals surface area contributed by atoms with Crippen molar-refractivity contribution in [1.82, 2.24) is 5.32 Å². The minimum atomic E-state index is -1.02. The summed E-state index contributed by atoms with van der Waals surface area (Å²) in [6, 6.07) is 15.6. The second-order valence-corrected chi connectivity index (χ2v) is 4.65. The first-order chi connectivity index (χ1) is 8.68. The molecule has 0 unspecified atom stereocenters. The van der Waals surface area contributed by atoms with Crippen LogP contribution in [0.2, 0.25) is 0 Å². The third-order valence-electron chi connectivity index (χ3n) is 2.61. The lowest BCUT2D eigenvalue weighted by atomic mass is 10.00. The van der Waals surface area contributed by atoms with Crippen molar-refractivity contribution in [2.45, 2.75) is 6.54 Å². The minimum Gasteiger partial charge on any atom is -0.465 e. The fraction of sp³-hybridized carbons (Fsp3) is 0.0714. The number of nitrogens with one attached hydrogen (secondary N) is 1. The van der Waals surface area contributed by atoms with E-state index in [0.29, 0.717) is 6.54 Å². The molecule has 0 spiro atoms. The molecule has 18 heavy (non-hydrogen) atoms. The maximum absolute atomic E-state index is 10.6. The van der Waals surface area contributed by atoms with Crippen molar-refractivity contribution in [3.63, 3.8) is 0 Å². The Morgan fingerprint density at radius 3 is 2.33 bits per heavy atom. The average molecular weight is 306 g/mol. The van der Waals surface area contributed by atoms with Crippen LogP contribution in [0.3, 0.4) is 0 Å². The van der Waals surface area contributed by atoms with Crippen LogP contribution in [0.5, 0.6) is 0 Å². The maximum Gasteiger partial charge on any atom is 0.404 e. The van der Waals surface area contributed by atoms with Gasteiger partial charge in [0.05, 0.1) is 0 Å². The van der Waals surface area contributed by atoms with Crippen molar-refractivity contribution < 1.29 is 9.90 Å². The zero-order chi connectivity index (χ0) is 13.0. The van der Waals surface area contributed by atoms with E-state index < -0.39 is 6.09 Å². The van der Waals surface area contributed by atoms with E-state index in [1.165, 1.54) is 0 Å². The van der Waals surface area contributed by atoms with Gasteiger partial charge in [-0.2, -0.15) is 0 Å². The lowest BCUT2D eigenvalue weighted by molar-refractivity contribution is 0.194. The van der Waals surface area contributed by atoms with E-state index in [2.05, 4.69) is 21.2 Å². The average Bonchev–Trinajstić information content (AvgIpc) is 2.37. The number of hydrogen-bond acceptors (Lipinski definition) is 1. The summed E-state index contributed by atoms with van der Waals surface area (Å²) in [7, 11) is 0. The van der Waals surface area contributed by atoms with Gasteiger partial charge in [-0.1, -0.05) is 58.4 Å². The van der Waals surface area contributed by atoms with Crippen LogP contribution in [0.15, 0.2) is 53.0 Å². The van der Waals surface area contributed by atoms with Gasteiger partial charge in [0.15, 0.2) is 0 Å². The fourth-order valence-corrected chi connectivity index (χ4v) is 2.29. The monoisotopic (exact) mass is 305 g/mol. The molecule has 1 amide bonds. The van der Waals surface area contributed by atoms with Crippen LogP contribution in [-0.2, 0) is 6.54 Å². The van der Waals surface area contributed by atoms with Crippen molar-refractivity contribution >= 4 is 22.0 Å². The van der Waals surface area contributed by atoms with Crippen LogP contribution < -0.4 is 5.32 Å². The van der Waals surface area contributed by atoms with Crippen molar-refractivity contribution in [3.05, 3.63) is 58.6 Å². The molecule has 0 fully saturated rings. The van der Waals surface area contributed by atoms with Crippen LogP contribution in [0.25, 0.3) is 11.1 Å². The first-order valence-corrected chi connectivity index (χ1v) is 6.27. The number of carboxylic acid groups (broad SMARTS) is 1. The normalized spacial score (nSPS) is 10.1. The lowest BCUT2D eigenvalue weighted by Crippen LogP contribution is -2.20. The molecule has 3 nitrogen and oxygen atoms in total. The van der Waals surface area contributed by atoms with E-state index in [4.69, 9.17) is 5.11 Å². The van der Waals surface area contributed by atoms with Crippen molar-refractivity contribution in [3.8, 4) is 11.1 Å². The third-order valence-corrected chi connectivity index (χ3v) is 3.30. The quantitative estimate of drug-likeness (QED) is 0.904. The zero-order valence-electron chi connectivity index (χ0n) is 9.56. The number of amides is 1. The SMILES string of the molecule is O=C(O)NCc1ccccc1-c1ccccc1Br. The summed E-state index contributed by atoms with van der Waals surface area (Å²) in [5, 5.41) is 11.1. The van der Waals surface area contributed by atoms with Gasteiger partial charge >= 0.3 is 6.09 Å². The first kappa shape index (κ1) is 12.6. The van der Waals surface area contributed by atoms with E-state index in [-0.39, 0.29) is 0 Å². The molecule has 92 valence electrons. The molecule has 0 atom stereocenters. The fourth-order valence-electron chi connectivity index (χ4n) is 1.79. The van der Waals surface area contributed by atoms with Crippen LogP contribution in [-0.4, -0.2) is 11.2 Å². The van der Waals surface area contributed by atoms with Gasteiger partial charge in [-0.3, -0.25) is 0 Å². The highest BCUT2D eigenvalue weighted by atomic mass is 79.9. The smallest absolute Gasteiger partial charge is 0.404 e. The number of halogens is 1. The third kappa shape index (κ3) is 2.90. The highest BCUT2D eigenvalue weighted by Crippen LogP contribution is 2.30. The number of hydrogen-bond donors (Lipinski definition) is 2. The van der Waals surface area contributed by atoms with Crippen molar-refractivity contribution in [2.75, 3.05) is 0 Å². The Labute approximate surface area is 114 Å². The summed E-state index contributed by atoms with van der Waals surface area (Å²) in [6.45, 7) is 0.298. The molecule has 0 radical (unpaired) electrons. The Bertz CT molecular complexity index is 569. The van der Waals surface area contributed by atoms with Gasteiger partial charge in [0.1, 0.15) is 0 Å². The van der Waals surface area contributed by atoms with E-state index >= 15 is 0 Å². The van der Waals surface area contributed by atoms with Crippen molar-refractivity contribution in [1.29, 1.82) is 0 Å². The molecular formula is C14H12BrNO2. The van der Waals surface area contributed by atoms with Crippen molar-refractivity contribution in [2.24, 2.45) is 0 Å². The molecule has 2 N–H and O–H groups in total. The maximum atomic E-state index is 10.6. The molecule has 0 saturated heterocycles. The topological polar surface area (TPSA) is 49.3 Å². The molecule has 2 aromatic rings. The molecule has 2 rings (SSSR count). The highest BCUT2D eigenvalue weighted by molar-refractivity contribution is 9.10. The van der Waals surface area contributed by atoms with Gasteiger partial charge in [-0.25, -0.2) is 4.79 Å². The van der Waals surface area contributed by atoms with Gasteiger partial charge in [0.25, 0.3) is 0 Å². The summed E-state index contributed by atoms with van der Waals surface area (Å²) in [5.41, 5.74) is 3.03. The molecule has 0 aliphatic carbocycles. The predicted octanol–water partition coefficient (Wildman–Crippen LogP) is 3.88. The van der Waals surface area contributed by atoms with E-state index in [1.54, 1.807) is 0 Å². The van der Waals surface area contributed by atoms with Crippen LogP contribution in [0.4, 0.5) is 4.79 Å². The Kier molecular flexibility index (Phi) is 3.99. The first-order valence-electron chi connectivity index (χ1n) is 5.48. The van der Waals surface area contributed by atoms with E-state index in [1.807, 2.05) is 48.5 Å². The van der Waals surface area contributed by atoms with Gasteiger partial charge < -0.3 is 10.4 Å². The van der Waals surface area contributed by atoms with Crippen LogP contribution in [0, 0.1) is 0 Å². The van der Waals surface area contributed by atoms with Gasteiger partial charge in [-0.15, -0.1) is 0 Å². The largest absolute Gasteiger partial charge is 0.465 e. The Balaban J connectivity index is 2.39. The summed E-state index contributed by atoms with van der Waals surface area (Å²) in [4.78, 5) is 10.6. The molecule has 0 saturated carbocycles. The molecular weight excluding hydrogens is 294 g/mol. The van der Waals surface area contributed by atoms with Crippen LogP contribution in [0.1, 0.15) is 5.56 Å². The molecule has 0 aliphatic rings. The summed E-state index contributed by atoms with van der Waals surface area (Å²) >= 11 is 3.51. The van der Waals surface area contributed by atoms with Gasteiger partial charge in [0.2, 0.25) is 0 Å². The zero-order valence-corrected chi connectivity index (χ0v) is 11.1. The van der Waals surface area contributed by atoms with Gasteiger partial charge in [-0.05, 0) is 22.8 Å². The van der Waals surface area contributed by atoms with E-state index in [9.17, 15) is 4.79 Å². The number of carbonyl (C=O) groups is 1. The summed E-state index contributed by atoms with van der Waals surface area (Å²) in [5.74, 6) is 0. The second kappa shape index (κ2) is 5.69. The number of rotatable bonds is 3. The predicted molar refractivity (Wildman–Crippen MR) is 74.4 cm³/mol. The Hall–Kier alpha value is -1.81. The molecule has 4 heteroatoms. The lowest BCUT2D eigenvalue weighted by Gasteiger charge is -2.11. The summed E-state index contributed by atoms with van der Waals surface area (Å²) < 4.78 is 0.993. The number of benzene rings is 2. The summed E-state index contributed by atoms with van der Waals surface area (Å²) in [6.07, 6.45) is -1.02. The second-order valence-electron chi connectivity index (χ2n) is 3.80. The highest BCUT2D eigenvalue weighted by Gasteiger charge is 2.07. The standard InChI is InChI=1S/C14H12BrNO2/c15-13-8-4-3-7-12(13)11-6-2-1-5-10(11)9-16-14(17)18/h1-8,16H,9H2,(H,17,18). The Morgan fingerprint density at radius 1 is 1.06 bits per heavy atom. The van der Waals surface area contributed by atoms with Gasteiger partial charge in [0, 0.05) is 11.0 Å². The Morgan fingerprint density at radius 2 is 1.67 bits per heavy atom. The molecule has 0 aliphatic heterocycles. The van der Waals surface area contributed by atoms with E-state index in [0.717, 1.165) is 21.2 Å².